The molecule has 122 valence electrons. The molecule has 1 unspecified atom stereocenters. The first-order valence-corrected chi connectivity index (χ1v) is 8.22. The van der Waals surface area contributed by atoms with Gasteiger partial charge in [-0.1, -0.05) is 54.2 Å². The predicted octanol–water partition coefficient (Wildman–Crippen LogP) is 2.98. The summed E-state index contributed by atoms with van der Waals surface area (Å²) in [6.07, 6.45) is 0. The Kier molecular flexibility index (Phi) is 4.90. The van der Waals surface area contributed by atoms with E-state index in [1.165, 1.54) is 18.9 Å². The number of ether oxygens (including phenoxy) is 1. The number of aryl methyl sites for hydroxylation is 1. The molecule has 0 aliphatic heterocycles. The van der Waals surface area contributed by atoms with Crippen LogP contribution in [0.4, 0.5) is 0 Å². The highest BCUT2D eigenvalue weighted by molar-refractivity contribution is 8.00. The minimum absolute atomic E-state index is 0.343. The van der Waals surface area contributed by atoms with Gasteiger partial charge in [0.2, 0.25) is 5.16 Å². The van der Waals surface area contributed by atoms with Gasteiger partial charge in [-0.3, -0.25) is 4.79 Å². The molecule has 24 heavy (non-hydrogen) atoms. The van der Waals surface area contributed by atoms with Crippen LogP contribution in [-0.2, 0) is 9.53 Å². The van der Waals surface area contributed by atoms with Crippen molar-refractivity contribution in [3.05, 3.63) is 65.7 Å². The van der Waals surface area contributed by atoms with Crippen molar-refractivity contribution in [2.24, 2.45) is 0 Å². The Labute approximate surface area is 143 Å². The summed E-state index contributed by atoms with van der Waals surface area (Å²) in [7, 11) is 1.38. The summed E-state index contributed by atoms with van der Waals surface area (Å²) in [5.41, 5.74) is 2.79. The number of hydrogen-bond donors (Lipinski definition) is 0. The fourth-order valence-electron chi connectivity index (χ4n) is 2.27. The minimum atomic E-state index is -0.536. The average molecular weight is 340 g/mol. The molecule has 6 nitrogen and oxygen atoms in total. The number of nitrogens with zero attached hydrogens (tertiary/aromatic N) is 4. The standard InChI is InChI=1S/C17H16N4O2S/c1-12-7-6-10-14(11-12)21-17(18-19-20-21)24-15(16(22)23-2)13-8-4-3-5-9-13/h3-11,15H,1-2H3. The number of tetrazole rings is 1. The van der Waals surface area contributed by atoms with Crippen molar-refractivity contribution in [2.75, 3.05) is 7.11 Å². The minimum Gasteiger partial charge on any atom is -0.468 e. The molecule has 3 rings (SSSR count). The predicted molar refractivity (Wildman–Crippen MR) is 90.9 cm³/mol. The van der Waals surface area contributed by atoms with Crippen molar-refractivity contribution in [1.29, 1.82) is 0 Å². The molecular weight excluding hydrogens is 324 g/mol. The van der Waals surface area contributed by atoms with E-state index in [1.807, 2.05) is 61.5 Å². The Morgan fingerprint density at radius 1 is 1.17 bits per heavy atom. The lowest BCUT2D eigenvalue weighted by Crippen LogP contribution is -2.12. The molecule has 0 bridgehead atoms. The Hall–Kier alpha value is -2.67. The van der Waals surface area contributed by atoms with Crippen LogP contribution in [-0.4, -0.2) is 33.3 Å². The van der Waals surface area contributed by atoms with Crippen LogP contribution >= 0.6 is 11.8 Å². The van der Waals surface area contributed by atoms with Crippen LogP contribution in [0.5, 0.6) is 0 Å². The fraction of sp³-hybridized carbons (Fsp3) is 0.176. The third-order valence-corrected chi connectivity index (χ3v) is 4.59. The Bertz CT molecular complexity index is 835. The molecule has 0 saturated heterocycles. The number of esters is 1. The summed E-state index contributed by atoms with van der Waals surface area (Å²) in [6.45, 7) is 2.00. The van der Waals surface area contributed by atoms with Gasteiger partial charge in [-0.15, -0.1) is 5.10 Å². The molecule has 2 aromatic carbocycles. The van der Waals surface area contributed by atoms with Gasteiger partial charge in [0, 0.05) is 0 Å². The second-order valence-electron chi connectivity index (χ2n) is 5.14. The van der Waals surface area contributed by atoms with Crippen LogP contribution in [0, 0.1) is 6.92 Å². The molecule has 0 fully saturated rings. The number of benzene rings is 2. The van der Waals surface area contributed by atoms with Crippen LogP contribution in [0.1, 0.15) is 16.4 Å². The van der Waals surface area contributed by atoms with Crippen molar-refractivity contribution in [1.82, 2.24) is 20.2 Å². The van der Waals surface area contributed by atoms with E-state index in [2.05, 4.69) is 15.5 Å². The van der Waals surface area contributed by atoms with Gasteiger partial charge in [0.05, 0.1) is 12.8 Å². The van der Waals surface area contributed by atoms with Crippen LogP contribution in [0.3, 0.4) is 0 Å². The molecule has 0 spiro atoms. The molecular formula is C17H16N4O2S. The molecule has 1 aromatic heterocycles. The monoisotopic (exact) mass is 340 g/mol. The highest BCUT2D eigenvalue weighted by Crippen LogP contribution is 2.35. The number of aromatic nitrogens is 4. The molecule has 1 atom stereocenters. The number of hydrogen-bond acceptors (Lipinski definition) is 6. The van der Waals surface area contributed by atoms with E-state index in [4.69, 9.17) is 4.74 Å². The van der Waals surface area contributed by atoms with Crippen molar-refractivity contribution in [3.8, 4) is 5.69 Å². The first-order chi connectivity index (χ1) is 11.7. The van der Waals surface area contributed by atoms with E-state index in [-0.39, 0.29) is 5.97 Å². The number of methoxy groups -OCH3 is 1. The van der Waals surface area contributed by atoms with Crippen LogP contribution in [0.25, 0.3) is 5.69 Å². The highest BCUT2D eigenvalue weighted by Gasteiger charge is 2.26. The molecule has 0 aliphatic rings. The van der Waals surface area contributed by atoms with Crippen LogP contribution in [0.2, 0.25) is 0 Å². The van der Waals surface area contributed by atoms with Gasteiger partial charge in [0.15, 0.2) is 0 Å². The average Bonchev–Trinajstić information content (AvgIpc) is 3.08. The van der Waals surface area contributed by atoms with E-state index in [0.717, 1.165) is 16.8 Å². The van der Waals surface area contributed by atoms with Crippen molar-refractivity contribution in [2.45, 2.75) is 17.3 Å². The zero-order valence-corrected chi connectivity index (χ0v) is 14.1. The molecule has 0 radical (unpaired) electrons. The van der Waals surface area contributed by atoms with Crippen molar-refractivity contribution >= 4 is 17.7 Å². The Morgan fingerprint density at radius 2 is 1.96 bits per heavy atom. The molecule has 0 amide bonds. The zero-order valence-electron chi connectivity index (χ0n) is 13.3. The highest BCUT2D eigenvalue weighted by atomic mass is 32.2. The van der Waals surface area contributed by atoms with Crippen molar-refractivity contribution < 1.29 is 9.53 Å². The maximum atomic E-state index is 12.2. The summed E-state index contributed by atoms with van der Waals surface area (Å²) < 4.78 is 6.56. The molecule has 0 N–H and O–H groups in total. The third-order valence-electron chi connectivity index (χ3n) is 3.43. The van der Waals surface area contributed by atoms with Gasteiger partial charge < -0.3 is 4.74 Å². The SMILES string of the molecule is COC(=O)C(Sc1nnnn1-c1cccc(C)c1)c1ccccc1. The van der Waals surface area contributed by atoms with Gasteiger partial charge in [-0.05, 0) is 40.6 Å². The first kappa shape index (κ1) is 16.2. The number of rotatable bonds is 5. The molecule has 7 heteroatoms. The van der Waals surface area contributed by atoms with Gasteiger partial charge in [-0.2, -0.15) is 4.68 Å². The van der Waals surface area contributed by atoms with Gasteiger partial charge in [0.25, 0.3) is 0 Å². The third kappa shape index (κ3) is 3.46. The van der Waals surface area contributed by atoms with E-state index >= 15 is 0 Å². The summed E-state index contributed by atoms with van der Waals surface area (Å²) in [4.78, 5) is 12.2. The number of thioether (sulfide) groups is 1. The van der Waals surface area contributed by atoms with E-state index in [1.54, 1.807) is 4.68 Å². The lowest BCUT2D eigenvalue weighted by Gasteiger charge is -2.14. The second-order valence-corrected chi connectivity index (χ2v) is 6.22. The fourth-order valence-corrected chi connectivity index (χ4v) is 3.29. The molecule has 3 aromatic rings. The zero-order chi connectivity index (χ0) is 16.9. The smallest absolute Gasteiger partial charge is 0.323 e. The topological polar surface area (TPSA) is 69.9 Å². The summed E-state index contributed by atoms with van der Waals surface area (Å²) >= 11 is 1.26. The summed E-state index contributed by atoms with van der Waals surface area (Å²) in [6, 6.07) is 17.3. The number of carbonyl (C=O) groups excluding carboxylic acids is 1. The van der Waals surface area contributed by atoms with E-state index < -0.39 is 5.25 Å². The first-order valence-electron chi connectivity index (χ1n) is 7.34. The van der Waals surface area contributed by atoms with E-state index in [0.29, 0.717) is 5.16 Å². The lowest BCUT2D eigenvalue weighted by atomic mass is 10.1. The Morgan fingerprint density at radius 3 is 2.67 bits per heavy atom. The van der Waals surface area contributed by atoms with Gasteiger partial charge in [0.1, 0.15) is 5.25 Å². The Balaban J connectivity index is 1.94. The molecule has 0 saturated carbocycles. The van der Waals surface area contributed by atoms with Crippen LogP contribution in [0.15, 0.2) is 59.8 Å². The van der Waals surface area contributed by atoms with Gasteiger partial charge >= 0.3 is 5.97 Å². The van der Waals surface area contributed by atoms with Crippen LogP contribution < -0.4 is 0 Å². The molecule has 1 heterocycles. The van der Waals surface area contributed by atoms with Gasteiger partial charge in [-0.25, -0.2) is 0 Å². The maximum Gasteiger partial charge on any atom is 0.323 e. The lowest BCUT2D eigenvalue weighted by molar-refractivity contribution is -0.140. The quantitative estimate of drug-likeness (QED) is 0.525. The van der Waals surface area contributed by atoms with E-state index in [9.17, 15) is 4.79 Å². The largest absolute Gasteiger partial charge is 0.468 e. The maximum absolute atomic E-state index is 12.2. The summed E-state index contributed by atoms with van der Waals surface area (Å²) in [5.74, 6) is -0.343. The second kappa shape index (κ2) is 7.27. The number of carbonyl (C=O) groups is 1. The van der Waals surface area contributed by atoms with Crippen molar-refractivity contribution in [3.63, 3.8) is 0 Å². The summed E-state index contributed by atoms with van der Waals surface area (Å²) in [5, 5.41) is 11.8. The normalized spacial score (nSPS) is 11.9. The molecule has 0 aliphatic carbocycles.